The molecule has 0 bridgehead atoms. The Morgan fingerprint density at radius 1 is 1.48 bits per heavy atom. The first kappa shape index (κ1) is 16.3. The highest BCUT2D eigenvalue weighted by Gasteiger charge is 2.20. The minimum Gasteiger partial charge on any atom is -0.381 e. The smallest absolute Gasteiger partial charge is 0.190 e. The lowest BCUT2D eigenvalue weighted by atomic mass is 10.1. The summed E-state index contributed by atoms with van der Waals surface area (Å²) in [5.74, 6) is 2.22. The molecule has 1 heterocycles. The van der Waals surface area contributed by atoms with Crippen molar-refractivity contribution in [3.63, 3.8) is 0 Å². The molecule has 0 amide bonds. The molecule has 4 nitrogen and oxygen atoms in total. The maximum atomic E-state index is 5.62. The average Bonchev–Trinajstić information content (AvgIpc) is 3.15. The lowest BCUT2D eigenvalue weighted by Gasteiger charge is -2.15. The van der Waals surface area contributed by atoms with Crippen LogP contribution in [0.3, 0.4) is 0 Å². The van der Waals surface area contributed by atoms with Crippen molar-refractivity contribution in [3.05, 3.63) is 22.4 Å². The van der Waals surface area contributed by atoms with Gasteiger partial charge >= 0.3 is 0 Å². The van der Waals surface area contributed by atoms with Crippen LogP contribution >= 0.6 is 11.3 Å². The SMILES string of the molecule is CN=C(NCCCOCC1CC1)NCC(C)c1ccsc1. The van der Waals surface area contributed by atoms with Gasteiger partial charge in [0, 0.05) is 33.4 Å². The summed E-state index contributed by atoms with van der Waals surface area (Å²) in [6.45, 7) is 5.82. The fraction of sp³-hybridized carbons (Fsp3) is 0.688. The normalized spacial score (nSPS) is 16.8. The van der Waals surface area contributed by atoms with Crippen molar-refractivity contribution in [3.8, 4) is 0 Å². The lowest BCUT2D eigenvalue weighted by molar-refractivity contribution is 0.123. The molecule has 118 valence electrons. The van der Waals surface area contributed by atoms with E-state index in [1.54, 1.807) is 11.3 Å². The number of hydrogen-bond donors (Lipinski definition) is 2. The van der Waals surface area contributed by atoms with E-state index < -0.39 is 0 Å². The van der Waals surface area contributed by atoms with Crippen LogP contribution in [0.2, 0.25) is 0 Å². The predicted octanol–water partition coefficient (Wildman–Crippen LogP) is 2.83. The molecule has 1 saturated carbocycles. The van der Waals surface area contributed by atoms with E-state index in [9.17, 15) is 0 Å². The van der Waals surface area contributed by atoms with Crippen LogP contribution in [0.4, 0.5) is 0 Å². The summed E-state index contributed by atoms with van der Waals surface area (Å²) in [5, 5.41) is 11.0. The van der Waals surface area contributed by atoms with Gasteiger partial charge in [0.1, 0.15) is 0 Å². The fourth-order valence-corrected chi connectivity index (χ4v) is 2.84. The van der Waals surface area contributed by atoms with Gasteiger partial charge in [-0.2, -0.15) is 11.3 Å². The van der Waals surface area contributed by atoms with Crippen molar-refractivity contribution in [2.24, 2.45) is 10.9 Å². The van der Waals surface area contributed by atoms with Crippen molar-refractivity contribution in [2.45, 2.75) is 32.1 Å². The van der Waals surface area contributed by atoms with Gasteiger partial charge in [-0.1, -0.05) is 6.92 Å². The summed E-state index contributed by atoms with van der Waals surface area (Å²) in [4.78, 5) is 4.25. The van der Waals surface area contributed by atoms with Crippen LogP contribution in [0.5, 0.6) is 0 Å². The van der Waals surface area contributed by atoms with Crippen molar-refractivity contribution >= 4 is 17.3 Å². The highest BCUT2D eigenvalue weighted by Crippen LogP contribution is 2.28. The Morgan fingerprint density at radius 3 is 3.00 bits per heavy atom. The summed E-state index contributed by atoms with van der Waals surface area (Å²) in [6, 6.07) is 2.18. The van der Waals surface area contributed by atoms with Crippen LogP contribution in [0.15, 0.2) is 21.8 Å². The molecule has 0 saturated heterocycles. The minimum absolute atomic E-state index is 0.497. The van der Waals surface area contributed by atoms with Gasteiger partial charge in [0.15, 0.2) is 5.96 Å². The number of aliphatic imine (C=N–C) groups is 1. The molecule has 0 radical (unpaired) electrons. The second-order valence-corrected chi connectivity index (χ2v) is 6.49. The van der Waals surface area contributed by atoms with Crippen LogP contribution < -0.4 is 10.6 Å². The number of ether oxygens (including phenoxy) is 1. The van der Waals surface area contributed by atoms with Gasteiger partial charge in [-0.25, -0.2) is 0 Å². The number of nitrogens with zero attached hydrogens (tertiary/aromatic N) is 1. The summed E-state index contributed by atoms with van der Waals surface area (Å²) >= 11 is 1.75. The summed E-state index contributed by atoms with van der Waals surface area (Å²) in [6.07, 6.45) is 3.74. The van der Waals surface area contributed by atoms with E-state index >= 15 is 0 Å². The van der Waals surface area contributed by atoms with Gasteiger partial charge in [-0.3, -0.25) is 4.99 Å². The van der Waals surface area contributed by atoms with E-state index in [2.05, 4.69) is 39.4 Å². The molecule has 2 N–H and O–H groups in total. The lowest BCUT2D eigenvalue weighted by Crippen LogP contribution is -2.39. The first-order valence-corrected chi connectivity index (χ1v) is 8.78. The van der Waals surface area contributed by atoms with E-state index in [-0.39, 0.29) is 0 Å². The van der Waals surface area contributed by atoms with Crippen molar-refractivity contribution in [2.75, 3.05) is 33.4 Å². The third kappa shape index (κ3) is 6.48. The molecule has 1 unspecified atom stereocenters. The molecule has 1 aliphatic carbocycles. The maximum absolute atomic E-state index is 5.62. The first-order valence-electron chi connectivity index (χ1n) is 7.84. The molecule has 0 spiro atoms. The molecular formula is C16H27N3OS. The second-order valence-electron chi connectivity index (χ2n) is 5.71. The zero-order chi connectivity index (χ0) is 14.9. The zero-order valence-corrected chi connectivity index (χ0v) is 13.9. The number of nitrogens with one attached hydrogen (secondary N) is 2. The molecule has 0 aliphatic heterocycles. The Bertz CT molecular complexity index is 415. The number of hydrogen-bond acceptors (Lipinski definition) is 3. The Morgan fingerprint density at radius 2 is 2.33 bits per heavy atom. The van der Waals surface area contributed by atoms with Gasteiger partial charge in [0.2, 0.25) is 0 Å². The molecular weight excluding hydrogens is 282 g/mol. The number of guanidine groups is 1. The van der Waals surface area contributed by atoms with Crippen LogP contribution in [-0.4, -0.2) is 39.3 Å². The van der Waals surface area contributed by atoms with Crippen LogP contribution in [0.1, 0.15) is 37.7 Å². The van der Waals surface area contributed by atoms with E-state index in [1.165, 1.54) is 18.4 Å². The Hall–Kier alpha value is -1.07. The zero-order valence-electron chi connectivity index (χ0n) is 13.1. The van der Waals surface area contributed by atoms with Gasteiger partial charge in [-0.05, 0) is 53.5 Å². The third-order valence-corrected chi connectivity index (χ3v) is 4.42. The van der Waals surface area contributed by atoms with Crippen molar-refractivity contribution < 1.29 is 4.74 Å². The van der Waals surface area contributed by atoms with Crippen LogP contribution in [-0.2, 0) is 4.74 Å². The second kappa shape index (κ2) is 9.05. The maximum Gasteiger partial charge on any atom is 0.190 e. The Kier molecular flexibility index (Phi) is 7.03. The van der Waals surface area contributed by atoms with E-state index in [4.69, 9.17) is 4.74 Å². The molecule has 0 aromatic carbocycles. The molecule has 1 aliphatic rings. The Labute approximate surface area is 132 Å². The topological polar surface area (TPSA) is 45.7 Å². The van der Waals surface area contributed by atoms with Gasteiger partial charge < -0.3 is 15.4 Å². The summed E-state index contributed by atoms with van der Waals surface area (Å²) in [5.41, 5.74) is 1.39. The standard InChI is InChI=1S/C16H27N3OS/c1-13(15-6-9-21-12-15)10-19-16(17-2)18-7-3-8-20-11-14-4-5-14/h6,9,12-14H,3-5,7-8,10-11H2,1-2H3,(H2,17,18,19). The van der Waals surface area contributed by atoms with E-state index in [0.29, 0.717) is 5.92 Å². The average molecular weight is 309 g/mol. The summed E-state index contributed by atoms with van der Waals surface area (Å²) < 4.78 is 5.62. The van der Waals surface area contributed by atoms with E-state index in [0.717, 1.165) is 44.6 Å². The fourth-order valence-electron chi connectivity index (χ4n) is 2.06. The molecule has 5 heteroatoms. The van der Waals surface area contributed by atoms with Gasteiger partial charge in [-0.15, -0.1) is 0 Å². The quantitative estimate of drug-likeness (QED) is 0.419. The highest BCUT2D eigenvalue weighted by molar-refractivity contribution is 7.07. The molecule has 21 heavy (non-hydrogen) atoms. The largest absolute Gasteiger partial charge is 0.381 e. The summed E-state index contributed by atoms with van der Waals surface area (Å²) in [7, 11) is 1.81. The highest BCUT2D eigenvalue weighted by atomic mass is 32.1. The molecule has 2 rings (SSSR count). The van der Waals surface area contributed by atoms with E-state index in [1.807, 2.05) is 7.05 Å². The van der Waals surface area contributed by atoms with Crippen molar-refractivity contribution in [1.29, 1.82) is 0 Å². The number of thiophene rings is 1. The van der Waals surface area contributed by atoms with Gasteiger partial charge in [0.25, 0.3) is 0 Å². The number of rotatable bonds is 9. The molecule has 1 aromatic heterocycles. The van der Waals surface area contributed by atoms with Gasteiger partial charge in [0.05, 0.1) is 0 Å². The van der Waals surface area contributed by atoms with Crippen molar-refractivity contribution in [1.82, 2.24) is 10.6 Å². The molecule has 1 atom stereocenters. The minimum atomic E-state index is 0.497. The Balaban J connectivity index is 1.53. The van der Waals surface area contributed by atoms with Crippen LogP contribution in [0, 0.1) is 5.92 Å². The predicted molar refractivity (Wildman–Crippen MR) is 90.3 cm³/mol. The first-order chi connectivity index (χ1) is 10.3. The molecule has 1 fully saturated rings. The monoisotopic (exact) mass is 309 g/mol. The third-order valence-electron chi connectivity index (χ3n) is 3.72. The van der Waals surface area contributed by atoms with Crippen LogP contribution in [0.25, 0.3) is 0 Å². The molecule has 1 aromatic rings.